The lowest BCUT2D eigenvalue weighted by molar-refractivity contribution is -0.116. The second-order valence-electron chi connectivity index (χ2n) is 5.36. The Morgan fingerprint density at radius 2 is 1.70 bits per heavy atom. The van der Waals surface area contributed by atoms with E-state index in [0.717, 1.165) is 11.4 Å². The van der Waals surface area contributed by atoms with Gasteiger partial charge in [0.15, 0.2) is 5.11 Å². The fourth-order valence-electron chi connectivity index (χ4n) is 2.14. The zero-order valence-electron chi connectivity index (χ0n) is 13.5. The third-order valence-corrected chi connectivity index (χ3v) is 3.85. The molecule has 2 N–H and O–H groups in total. The number of rotatable bonds is 4. The van der Waals surface area contributed by atoms with Crippen LogP contribution in [0.4, 0.5) is 11.4 Å². The van der Waals surface area contributed by atoms with E-state index in [2.05, 4.69) is 29.7 Å². The number of thiocarbonyl (C=S) groups is 1. The Morgan fingerprint density at radius 3 is 2.26 bits per heavy atom. The van der Waals surface area contributed by atoms with Gasteiger partial charge in [-0.2, -0.15) is 0 Å². The number of anilines is 2. The summed E-state index contributed by atoms with van der Waals surface area (Å²) < 4.78 is 0. The van der Waals surface area contributed by atoms with E-state index in [4.69, 9.17) is 12.2 Å². The van der Waals surface area contributed by atoms with E-state index in [1.165, 1.54) is 12.5 Å². The number of carbonyl (C=O) groups is 1. The Labute approximate surface area is 142 Å². The zero-order chi connectivity index (χ0) is 16.8. The Morgan fingerprint density at radius 1 is 1.09 bits per heavy atom. The molecule has 2 aromatic carbocycles. The van der Waals surface area contributed by atoms with E-state index >= 15 is 0 Å². The monoisotopic (exact) mass is 327 g/mol. The number of benzene rings is 2. The second kappa shape index (κ2) is 7.74. The van der Waals surface area contributed by atoms with Crippen LogP contribution in [0.25, 0.3) is 0 Å². The van der Waals surface area contributed by atoms with Gasteiger partial charge in [-0.15, -0.1) is 0 Å². The molecule has 0 bridgehead atoms. The first-order valence-electron chi connectivity index (χ1n) is 7.44. The van der Waals surface area contributed by atoms with Crippen LogP contribution in [0.5, 0.6) is 0 Å². The largest absolute Gasteiger partial charge is 0.356 e. The van der Waals surface area contributed by atoms with Crippen molar-refractivity contribution >= 4 is 34.6 Å². The third kappa shape index (κ3) is 4.79. The van der Waals surface area contributed by atoms with Crippen LogP contribution in [0.2, 0.25) is 0 Å². The number of carbonyl (C=O) groups excluding carboxylic acids is 1. The summed E-state index contributed by atoms with van der Waals surface area (Å²) in [6.07, 6.45) is 0. The highest BCUT2D eigenvalue weighted by molar-refractivity contribution is 7.80. The highest BCUT2D eigenvalue weighted by Crippen LogP contribution is 2.17. The molecule has 0 aromatic heterocycles. The molecule has 23 heavy (non-hydrogen) atoms. The molecule has 0 saturated heterocycles. The molecule has 0 aliphatic rings. The van der Waals surface area contributed by atoms with Crippen molar-refractivity contribution in [3.05, 3.63) is 60.2 Å². The lowest BCUT2D eigenvalue weighted by Gasteiger charge is -2.18. The number of nitrogens with zero attached hydrogens (tertiary/aromatic N) is 1. The molecule has 0 aliphatic heterocycles. The zero-order valence-corrected chi connectivity index (χ0v) is 14.4. The molecular weight excluding hydrogens is 306 g/mol. The summed E-state index contributed by atoms with van der Waals surface area (Å²) in [5.41, 5.74) is 2.90. The number of hydrogen-bond donors (Lipinski definition) is 2. The molecular formula is C18H21N3OS. The Hall–Kier alpha value is -2.40. The van der Waals surface area contributed by atoms with Crippen molar-refractivity contribution in [1.82, 2.24) is 5.32 Å². The van der Waals surface area contributed by atoms with Gasteiger partial charge in [-0.3, -0.25) is 4.79 Å². The van der Waals surface area contributed by atoms with E-state index < -0.39 is 0 Å². The van der Waals surface area contributed by atoms with Crippen LogP contribution in [0, 0.1) is 0 Å². The Bertz CT molecular complexity index is 670. The highest BCUT2D eigenvalue weighted by atomic mass is 32.1. The van der Waals surface area contributed by atoms with Crippen LogP contribution in [-0.2, 0) is 4.79 Å². The van der Waals surface area contributed by atoms with Crippen LogP contribution in [0.1, 0.15) is 25.5 Å². The summed E-state index contributed by atoms with van der Waals surface area (Å²) in [6.45, 7) is 3.60. The van der Waals surface area contributed by atoms with Crippen molar-refractivity contribution in [1.29, 1.82) is 0 Å². The molecule has 0 fully saturated rings. The molecule has 1 unspecified atom stereocenters. The van der Waals surface area contributed by atoms with Gasteiger partial charge in [0.1, 0.15) is 0 Å². The normalized spacial score (nSPS) is 11.4. The summed E-state index contributed by atoms with van der Waals surface area (Å²) in [4.78, 5) is 12.9. The first-order chi connectivity index (χ1) is 11.0. The number of amides is 1. The third-order valence-electron chi connectivity index (χ3n) is 3.63. The SMILES string of the molecule is CC(=O)N(C)c1ccc(NC(=S)NC(C)c2ccccc2)cc1. The van der Waals surface area contributed by atoms with Gasteiger partial charge >= 0.3 is 0 Å². The van der Waals surface area contributed by atoms with Crippen molar-refractivity contribution in [2.45, 2.75) is 19.9 Å². The van der Waals surface area contributed by atoms with E-state index in [0.29, 0.717) is 5.11 Å². The van der Waals surface area contributed by atoms with Gasteiger partial charge in [0, 0.05) is 25.3 Å². The maximum atomic E-state index is 11.3. The lowest BCUT2D eigenvalue weighted by atomic mass is 10.1. The van der Waals surface area contributed by atoms with Gasteiger partial charge in [0.25, 0.3) is 0 Å². The summed E-state index contributed by atoms with van der Waals surface area (Å²) in [6, 6.07) is 17.8. The number of nitrogens with one attached hydrogen (secondary N) is 2. The van der Waals surface area contributed by atoms with Gasteiger partial charge in [-0.25, -0.2) is 0 Å². The average Bonchev–Trinajstić information content (AvgIpc) is 2.55. The van der Waals surface area contributed by atoms with Crippen LogP contribution in [0.3, 0.4) is 0 Å². The summed E-state index contributed by atoms with van der Waals surface area (Å²) in [7, 11) is 1.75. The molecule has 0 spiro atoms. The fourth-order valence-corrected chi connectivity index (χ4v) is 2.43. The van der Waals surface area contributed by atoms with Crippen LogP contribution in [0.15, 0.2) is 54.6 Å². The molecule has 5 heteroatoms. The van der Waals surface area contributed by atoms with Gasteiger partial charge in [0.2, 0.25) is 5.91 Å². The molecule has 2 rings (SSSR count). The van der Waals surface area contributed by atoms with Gasteiger partial charge in [0.05, 0.1) is 6.04 Å². The minimum Gasteiger partial charge on any atom is -0.356 e. The number of hydrogen-bond acceptors (Lipinski definition) is 2. The molecule has 120 valence electrons. The molecule has 0 saturated carbocycles. The summed E-state index contributed by atoms with van der Waals surface area (Å²) >= 11 is 5.35. The average molecular weight is 327 g/mol. The smallest absolute Gasteiger partial charge is 0.223 e. The molecule has 1 atom stereocenters. The van der Waals surface area contributed by atoms with Gasteiger partial charge < -0.3 is 15.5 Å². The van der Waals surface area contributed by atoms with Gasteiger partial charge in [-0.1, -0.05) is 30.3 Å². The predicted molar refractivity (Wildman–Crippen MR) is 99.7 cm³/mol. The standard InChI is InChI=1S/C18H21N3OS/c1-13(15-7-5-4-6-8-15)19-18(23)20-16-9-11-17(12-10-16)21(3)14(2)22/h4-13H,1-3H3,(H2,19,20,23). The van der Waals surface area contributed by atoms with Crippen molar-refractivity contribution in [2.75, 3.05) is 17.3 Å². The van der Waals surface area contributed by atoms with Crippen LogP contribution < -0.4 is 15.5 Å². The van der Waals surface area contributed by atoms with E-state index in [9.17, 15) is 4.79 Å². The quantitative estimate of drug-likeness (QED) is 0.840. The van der Waals surface area contributed by atoms with E-state index in [-0.39, 0.29) is 11.9 Å². The highest BCUT2D eigenvalue weighted by Gasteiger charge is 2.08. The minimum atomic E-state index is -0.000387. The van der Waals surface area contributed by atoms with Crippen LogP contribution in [-0.4, -0.2) is 18.1 Å². The van der Waals surface area contributed by atoms with E-state index in [1.54, 1.807) is 11.9 Å². The maximum Gasteiger partial charge on any atom is 0.223 e. The molecule has 0 radical (unpaired) electrons. The van der Waals surface area contributed by atoms with Crippen molar-refractivity contribution in [3.63, 3.8) is 0 Å². The first-order valence-corrected chi connectivity index (χ1v) is 7.85. The molecule has 0 aliphatic carbocycles. The Kier molecular flexibility index (Phi) is 5.71. The molecule has 2 aromatic rings. The second-order valence-corrected chi connectivity index (χ2v) is 5.76. The summed E-state index contributed by atoms with van der Waals surface area (Å²) in [5.74, 6) is -0.000387. The minimum absolute atomic E-state index is 0.000387. The molecule has 4 nitrogen and oxygen atoms in total. The topological polar surface area (TPSA) is 44.4 Å². The van der Waals surface area contributed by atoms with Crippen molar-refractivity contribution in [2.24, 2.45) is 0 Å². The summed E-state index contributed by atoms with van der Waals surface area (Å²) in [5, 5.41) is 6.97. The fraction of sp³-hybridized carbons (Fsp3) is 0.222. The van der Waals surface area contributed by atoms with Crippen molar-refractivity contribution in [3.8, 4) is 0 Å². The lowest BCUT2D eigenvalue weighted by Crippen LogP contribution is -2.30. The van der Waals surface area contributed by atoms with Crippen LogP contribution >= 0.6 is 12.2 Å². The van der Waals surface area contributed by atoms with E-state index in [1.807, 2.05) is 42.5 Å². The molecule has 1 amide bonds. The van der Waals surface area contributed by atoms with Gasteiger partial charge in [-0.05, 0) is 49.0 Å². The van der Waals surface area contributed by atoms with Crippen molar-refractivity contribution < 1.29 is 4.79 Å². The molecule has 0 heterocycles. The first kappa shape index (κ1) is 17.0. The Balaban J connectivity index is 1.94. The maximum absolute atomic E-state index is 11.3. The predicted octanol–water partition coefficient (Wildman–Crippen LogP) is 3.72.